The minimum absolute atomic E-state index is 0.0817. The SMILES string of the molecule is CCc1ccc2c(c1)C(=O)N(CCO[N+](=O)[O-])CO2. The number of carbonyl (C=O) groups is 1. The summed E-state index contributed by atoms with van der Waals surface area (Å²) >= 11 is 0. The Labute approximate surface area is 109 Å². The average Bonchev–Trinajstić information content (AvgIpc) is 2.41. The van der Waals surface area contributed by atoms with Crippen LogP contribution in [-0.4, -0.2) is 35.8 Å². The molecule has 1 aliphatic rings. The van der Waals surface area contributed by atoms with Gasteiger partial charge in [0.15, 0.2) is 6.73 Å². The molecule has 1 heterocycles. The molecule has 1 aliphatic heterocycles. The van der Waals surface area contributed by atoms with Gasteiger partial charge in [-0.25, -0.2) is 0 Å². The van der Waals surface area contributed by atoms with E-state index in [-0.39, 0.29) is 25.8 Å². The molecule has 7 nitrogen and oxygen atoms in total. The molecular weight excluding hydrogens is 252 g/mol. The summed E-state index contributed by atoms with van der Waals surface area (Å²) in [7, 11) is 0. The van der Waals surface area contributed by atoms with E-state index in [9.17, 15) is 14.9 Å². The van der Waals surface area contributed by atoms with Crippen molar-refractivity contribution in [3.63, 3.8) is 0 Å². The van der Waals surface area contributed by atoms with E-state index in [2.05, 4.69) is 4.84 Å². The van der Waals surface area contributed by atoms with Crippen LogP contribution in [0.5, 0.6) is 5.75 Å². The van der Waals surface area contributed by atoms with Crippen LogP contribution >= 0.6 is 0 Å². The van der Waals surface area contributed by atoms with Crippen LogP contribution in [0.2, 0.25) is 0 Å². The molecule has 0 fully saturated rings. The first kappa shape index (κ1) is 13.1. The molecule has 1 amide bonds. The Morgan fingerprint density at radius 1 is 1.53 bits per heavy atom. The third-order valence-electron chi connectivity index (χ3n) is 2.90. The molecule has 0 saturated heterocycles. The maximum atomic E-state index is 12.2. The Balaban J connectivity index is 2.07. The number of hydrogen-bond acceptors (Lipinski definition) is 5. The van der Waals surface area contributed by atoms with Gasteiger partial charge in [-0.2, -0.15) is 0 Å². The molecule has 0 atom stereocenters. The smallest absolute Gasteiger partial charge is 0.294 e. The number of aryl methyl sites for hydroxylation is 1. The van der Waals surface area contributed by atoms with Crippen molar-refractivity contribution < 1.29 is 19.5 Å². The number of rotatable bonds is 5. The van der Waals surface area contributed by atoms with Crippen LogP contribution in [0.4, 0.5) is 0 Å². The van der Waals surface area contributed by atoms with Crippen LogP contribution < -0.4 is 4.74 Å². The van der Waals surface area contributed by atoms with Crippen molar-refractivity contribution in [2.45, 2.75) is 13.3 Å². The van der Waals surface area contributed by atoms with Crippen LogP contribution in [0.1, 0.15) is 22.8 Å². The summed E-state index contributed by atoms with van der Waals surface area (Å²) in [6.45, 7) is 2.04. The van der Waals surface area contributed by atoms with Gasteiger partial charge in [0.05, 0.1) is 5.56 Å². The van der Waals surface area contributed by atoms with Crippen molar-refractivity contribution in [2.24, 2.45) is 0 Å². The van der Waals surface area contributed by atoms with E-state index in [0.29, 0.717) is 11.3 Å². The summed E-state index contributed by atoms with van der Waals surface area (Å²) in [5.74, 6) is 0.358. The van der Waals surface area contributed by atoms with Gasteiger partial charge >= 0.3 is 0 Å². The standard InChI is InChI=1S/C12H14N2O5/c1-2-9-3-4-11-10(7-9)12(15)13(8-18-11)5-6-19-14(16)17/h3-4,7H,2,5-6,8H2,1H3. The zero-order chi connectivity index (χ0) is 13.8. The second kappa shape index (κ2) is 5.55. The highest BCUT2D eigenvalue weighted by Gasteiger charge is 2.25. The predicted octanol–water partition coefficient (Wildman–Crippen LogP) is 1.25. The number of nitrogens with zero attached hydrogens (tertiary/aromatic N) is 2. The van der Waals surface area contributed by atoms with Crippen molar-refractivity contribution in [1.29, 1.82) is 0 Å². The minimum atomic E-state index is -0.877. The first-order valence-corrected chi connectivity index (χ1v) is 5.94. The van der Waals surface area contributed by atoms with E-state index in [1.54, 1.807) is 12.1 Å². The summed E-state index contributed by atoms with van der Waals surface area (Å²) in [4.78, 5) is 27.8. The van der Waals surface area contributed by atoms with Crippen LogP contribution in [0.25, 0.3) is 0 Å². The quantitative estimate of drug-likeness (QED) is 0.591. The van der Waals surface area contributed by atoms with E-state index in [1.807, 2.05) is 13.0 Å². The Hall–Kier alpha value is -2.31. The van der Waals surface area contributed by atoms with Gasteiger partial charge < -0.3 is 14.5 Å². The number of benzene rings is 1. The fraction of sp³-hybridized carbons (Fsp3) is 0.417. The molecule has 0 spiro atoms. The number of ether oxygens (including phenoxy) is 1. The molecule has 0 bridgehead atoms. The van der Waals surface area contributed by atoms with Crippen molar-refractivity contribution in [1.82, 2.24) is 4.90 Å². The molecule has 0 saturated carbocycles. The molecule has 2 rings (SSSR count). The molecule has 0 aromatic heterocycles. The van der Waals surface area contributed by atoms with Crippen molar-refractivity contribution >= 4 is 5.91 Å². The molecule has 1 aromatic carbocycles. The number of carbonyl (C=O) groups excluding carboxylic acids is 1. The fourth-order valence-electron chi connectivity index (χ4n) is 1.86. The third-order valence-corrected chi connectivity index (χ3v) is 2.90. The van der Waals surface area contributed by atoms with Gasteiger partial charge in [-0.1, -0.05) is 13.0 Å². The monoisotopic (exact) mass is 266 g/mol. The van der Waals surface area contributed by atoms with E-state index < -0.39 is 5.09 Å². The van der Waals surface area contributed by atoms with Crippen molar-refractivity contribution in [3.8, 4) is 5.75 Å². The van der Waals surface area contributed by atoms with Crippen LogP contribution in [0, 0.1) is 10.1 Å². The Morgan fingerprint density at radius 3 is 3.00 bits per heavy atom. The van der Waals surface area contributed by atoms with E-state index in [0.717, 1.165) is 12.0 Å². The Bertz CT molecular complexity index is 503. The first-order chi connectivity index (χ1) is 9.11. The maximum Gasteiger partial charge on any atom is 0.294 e. The number of fused-ring (bicyclic) bond motifs is 1. The topological polar surface area (TPSA) is 81.9 Å². The summed E-state index contributed by atoms with van der Waals surface area (Å²) in [5, 5.41) is 9.18. The molecule has 0 radical (unpaired) electrons. The largest absolute Gasteiger partial charge is 0.472 e. The van der Waals surface area contributed by atoms with Gasteiger partial charge in [-0.3, -0.25) is 4.79 Å². The molecule has 0 N–H and O–H groups in total. The van der Waals surface area contributed by atoms with Gasteiger partial charge in [-0.15, -0.1) is 10.1 Å². The highest BCUT2D eigenvalue weighted by molar-refractivity contribution is 5.97. The molecule has 0 aliphatic carbocycles. The van der Waals surface area contributed by atoms with E-state index >= 15 is 0 Å². The summed E-state index contributed by atoms with van der Waals surface area (Å²) in [6, 6.07) is 5.48. The van der Waals surface area contributed by atoms with E-state index in [4.69, 9.17) is 4.74 Å². The lowest BCUT2D eigenvalue weighted by atomic mass is 10.1. The molecular formula is C12H14N2O5. The Kier molecular flexibility index (Phi) is 3.84. The number of amides is 1. The predicted molar refractivity (Wildman–Crippen MR) is 65.3 cm³/mol. The zero-order valence-electron chi connectivity index (χ0n) is 10.5. The van der Waals surface area contributed by atoms with Crippen LogP contribution in [-0.2, 0) is 11.3 Å². The molecule has 1 aromatic rings. The van der Waals surface area contributed by atoms with Gasteiger partial charge in [0.2, 0.25) is 0 Å². The minimum Gasteiger partial charge on any atom is -0.472 e. The lowest BCUT2D eigenvalue weighted by Gasteiger charge is -2.28. The molecule has 0 unspecified atom stereocenters. The van der Waals surface area contributed by atoms with Gasteiger partial charge in [0.25, 0.3) is 11.0 Å². The lowest BCUT2D eigenvalue weighted by Crippen LogP contribution is -2.40. The molecule has 102 valence electrons. The van der Waals surface area contributed by atoms with Crippen molar-refractivity contribution in [2.75, 3.05) is 19.9 Å². The summed E-state index contributed by atoms with van der Waals surface area (Å²) in [6.07, 6.45) is 0.824. The summed E-state index contributed by atoms with van der Waals surface area (Å²) < 4.78 is 5.44. The lowest BCUT2D eigenvalue weighted by molar-refractivity contribution is -0.757. The molecule has 7 heteroatoms. The fourth-order valence-corrected chi connectivity index (χ4v) is 1.86. The van der Waals surface area contributed by atoms with Crippen LogP contribution in [0.15, 0.2) is 18.2 Å². The zero-order valence-corrected chi connectivity index (χ0v) is 10.5. The number of hydrogen-bond donors (Lipinski definition) is 0. The van der Waals surface area contributed by atoms with Gasteiger partial charge in [-0.05, 0) is 24.1 Å². The molecule has 19 heavy (non-hydrogen) atoms. The second-order valence-corrected chi connectivity index (χ2v) is 4.08. The normalized spacial score (nSPS) is 13.7. The maximum absolute atomic E-state index is 12.2. The van der Waals surface area contributed by atoms with E-state index in [1.165, 1.54) is 4.90 Å². The summed E-state index contributed by atoms with van der Waals surface area (Å²) in [5.41, 5.74) is 1.53. The highest BCUT2D eigenvalue weighted by atomic mass is 16.9. The third kappa shape index (κ3) is 2.93. The van der Waals surface area contributed by atoms with Gasteiger partial charge in [0.1, 0.15) is 12.4 Å². The Morgan fingerprint density at radius 2 is 2.32 bits per heavy atom. The van der Waals surface area contributed by atoms with Crippen LogP contribution in [0.3, 0.4) is 0 Å². The van der Waals surface area contributed by atoms with Crippen molar-refractivity contribution in [3.05, 3.63) is 39.4 Å². The van der Waals surface area contributed by atoms with Gasteiger partial charge in [0, 0.05) is 6.54 Å². The second-order valence-electron chi connectivity index (χ2n) is 4.08. The highest BCUT2D eigenvalue weighted by Crippen LogP contribution is 2.26. The average molecular weight is 266 g/mol. The first-order valence-electron chi connectivity index (χ1n) is 5.94.